The molecular weight excluding hydrogens is 328 g/mol. The quantitative estimate of drug-likeness (QED) is 0.562. The summed E-state index contributed by atoms with van der Waals surface area (Å²) in [7, 11) is -3.34. The SMILES string of the molecule is CS(=O)(=O)NC(c1nc2cnc3[nH]ccc3c2[nH]1)C1CCNCC1. The fourth-order valence-electron chi connectivity index (χ4n) is 3.43. The molecule has 1 saturated heterocycles. The number of H-pyrrole nitrogens is 2. The molecule has 1 unspecified atom stereocenters. The molecule has 24 heavy (non-hydrogen) atoms. The van der Waals surface area contributed by atoms with Gasteiger partial charge in [0.2, 0.25) is 10.0 Å². The normalized spacial score (nSPS) is 18.4. The molecule has 4 rings (SSSR count). The van der Waals surface area contributed by atoms with E-state index in [9.17, 15) is 8.42 Å². The summed E-state index contributed by atoms with van der Waals surface area (Å²) in [4.78, 5) is 15.4. The van der Waals surface area contributed by atoms with E-state index in [4.69, 9.17) is 0 Å². The third kappa shape index (κ3) is 2.90. The van der Waals surface area contributed by atoms with E-state index in [0.29, 0.717) is 5.82 Å². The first-order valence-electron chi connectivity index (χ1n) is 8.01. The first-order valence-corrected chi connectivity index (χ1v) is 9.90. The molecule has 0 spiro atoms. The van der Waals surface area contributed by atoms with E-state index < -0.39 is 10.0 Å². The molecule has 9 heteroatoms. The van der Waals surface area contributed by atoms with Crippen LogP contribution < -0.4 is 10.0 Å². The van der Waals surface area contributed by atoms with Gasteiger partial charge in [0.15, 0.2) is 0 Å². The van der Waals surface area contributed by atoms with Crippen LogP contribution in [0, 0.1) is 5.92 Å². The first-order chi connectivity index (χ1) is 11.5. The lowest BCUT2D eigenvalue weighted by atomic mass is 9.90. The standard InChI is InChI=1S/C15H20N6O2S/c1-24(22,23)21-12(9-2-5-16-6-3-9)15-19-11-8-18-14-10(4-7-17-14)13(11)20-15/h4,7-9,12,16,21H,2-3,5-6H2,1H3,(H,17,18)(H,19,20). The van der Waals surface area contributed by atoms with Crippen LogP contribution in [0.2, 0.25) is 0 Å². The Bertz CT molecular complexity index is 970. The first kappa shape index (κ1) is 15.6. The Morgan fingerprint density at radius 1 is 1.33 bits per heavy atom. The molecule has 1 aliphatic heterocycles. The van der Waals surface area contributed by atoms with Gasteiger partial charge in [-0.3, -0.25) is 0 Å². The predicted octanol–water partition coefficient (Wildman–Crippen LogP) is 1.03. The largest absolute Gasteiger partial charge is 0.346 e. The highest BCUT2D eigenvalue weighted by Crippen LogP contribution is 2.30. The van der Waals surface area contributed by atoms with Crippen LogP contribution in [-0.4, -0.2) is 47.7 Å². The van der Waals surface area contributed by atoms with Crippen LogP contribution in [0.15, 0.2) is 18.5 Å². The van der Waals surface area contributed by atoms with Gasteiger partial charge in [-0.1, -0.05) is 0 Å². The second kappa shape index (κ2) is 5.83. The average Bonchev–Trinajstić information content (AvgIpc) is 3.18. The van der Waals surface area contributed by atoms with Crippen molar-refractivity contribution in [3.63, 3.8) is 0 Å². The molecule has 0 saturated carbocycles. The van der Waals surface area contributed by atoms with Crippen molar-refractivity contribution in [2.24, 2.45) is 5.92 Å². The maximum Gasteiger partial charge on any atom is 0.209 e. The van der Waals surface area contributed by atoms with Crippen LogP contribution in [0.4, 0.5) is 0 Å². The van der Waals surface area contributed by atoms with Crippen molar-refractivity contribution in [2.45, 2.75) is 18.9 Å². The Balaban J connectivity index is 1.79. The van der Waals surface area contributed by atoms with Gasteiger partial charge in [0.1, 0.15) is 17.0 Å². The third-order valence-corrected chi connectivity index (χ3v) is 5.23. The van der Waals surface area contributed by atoms with Gasteiger partial charge in [0.05, 0.1) is 24.0 Å². The number of pyridine rings is 1. The van der Waals surface area contributed by atoms with Crippen molar-refractivity contribution in [1.29, 1.82) is 0 Å². The van der Waals surface area contributed by atoms with E-state index in [1.165, 1.54) is 6.26 Å². The van der Waals surface area contributed by atoms with Gasteiger partial charge >= 0.3 is 0 Å². The fourth-order valence-corrected chi connectivity index (χ4v) is 4.20. The van der Waals surface area contributed by atoms with Gasteiger partial charge in [-0.05, 0) is 37.9 Å². The highest BCUT2D eigenvalue weighted by molar-refractivity contribution is 7.88. The number of rotatable bonds is 4. The number of aromatic amines is 2. The van der Waals surface area contributed by atoms with Crippen molar-refractivity contribution in [2.75, 3.05) is 19.3 Å². The summed E-state index contributed by atoms with van der Waals surface area (Å²) in [5.74, 6) is 0.856. The second-order valence-corrected chi connectivity index (χ2v) is 8.12. The summed E-state index contributed by atoms with van der Waals surface area (Å²) in [5, 5.41) is 4.26. The van der Waals surface area contributed by atoms with E-state index in [2.05, 4.69) is 30.0 Å². The van der Waals surface area contributed by atoms with Crippen LogP contribution in [-0.2, 0) is 10.0 Å². The van der Waals surface area contributed by atoms with Gasteiger partial charge < -0.3 is 15.3 Å². The van der Waals surface area contributed by atoms with Crippen LogP contribution in [0.25, 0.3) is 22.1 Å². The van der Waals surface area contributed by atoms with E-state index in [1.807, 2.05) is 12.3 Å². The highest BCUT2D eigenvalue weighted by atomic mass is 32.2. The summed E-state index contributed by atoms with van der Waals surface area (Å²) in [6.45, 7) is 1.77. The number of hydrogen-bond donors (Lipinski definition) is 4. The van der Waals surface area contributed by atoms with Crippen LogP contribution in [0.3, 0.4) is 0 Å². The van der Waals surface area contributed by atoms with Gasteiger partial charge in [0, 0.05) is 11.6 Å². The zero-order chi connectivity index (χ0) is 16.7. The Labute approximate surface area is 139 Å². The summed E-state index contributed by atoms with van der Waals surface area (Å²) >= 11 is 0. The number of piperidine rings is 1. The maximum absolute atomic E-state index is 11.9. The lowest BCUT2D eigenvalue weighted by molar-refractivity contribution is 0.300. The molecule has 0 amide bonds. The molecule has 8 nitrogen and oxygen atoms in total. The average molecular weight is 348 g/mol. The molecule has 0 aromatic carbocycles. The topological polar surface area (TPSA) is 116 Å². The molecule has 3 aromatic rings. The number of nitrogens with zero attached hydrogens (tertiary/aromatic N) is 2. The Morgan fingerprint density at radius 2 is 2.12 bits per heavy atom. The number of hydrogen-bond acceptors (Lipinski definition) is 5. The molecule has 0 aliphatic carbocycles. The van der Waals surface area contributed by atoms with Gasteiger partial charge in [-0.2, -0.15) is 0 Å². The molecule has 1 fully saturated rings. The summed E-state index contributed by atoms with van der Waals surface area (Å²) < 4.78 is 26.5. The molecule has 1 atom stereocenters. The monoisotopic (exact) mass is 348 g/mol. The molecule has 0 bridgehead atoms. The minimum Gasteiger partial charge on any atom is -0.346 e. The Hall–Kier alpha value is -1.97. The zero-order valence-corrected chi connectivity index (χ0v) is 14.2. The summed E-state index contributed by atoms with van der Waals surface area (Å²) in [6.07, 6.45) is 6.53. The number of nitrogens with one attached hydrogen (secondary N) is 4. The minimum absolute atomic E-state index is 0.205. The predicted molar refractivity (Wildman–Crippen MR) is 92.1 cm³/mol. The van der Waals surface area contributed by atoms with Crippen molar-refractivity contribution in [1.82, 2.24) is 30.0 Å². The molecule has 128 valence electrons. The van der Waals surface area contributed by atoms with E-state index in [0.717, 1.165) is 48.0 Å². The Kier molecular flexibility index (Phi) is 3.78. The fraction of sp³-hybridized carbons (Fsp3) is 0.467. The summed E-state index contributed by atoms with van der Waals surface area (Å²) in [6, 6.07) is 1.58. The second-order valence-electron chi connectivity index (χ2n) is 6.34. The number of sulfonamides is 1. The van der Waals surface area contributed by atoms with Crippen molar-refractivity contribution >= 4 is 32.1 Å². The molecule has 4 heterocycles. The van der Waals surface area contributed by atoms with E-state index >= 15 is 0 Å². The number of fused-ring (bicyclic) bond motifs is 3. The molecule has 0 radical (unpaired) electrons. The third-order valence-electron chi connectivity index (χ3n) is 4.55. The Morgan fingerprint density at radius 3 is 2.88 bits per heavy atom. The van der Waals surface area contributed by atoms with Gasteiger partial charge in [-0.15, -0.1) is 0 Å². The molecular formula is C15H20N6O2S. The van der Waals surface area contributed by atoms with E-state index in [-0.39, 0.29) is 12.0 Å². The highest BCUT2D eigenvalue weighted by Gasteiger charge is 2.30. The molecule has 3 aromatic heterocycles. The van der Waals surface area contributed by atoms with Crippen LogP contribution in [0.5, 0.6) is 0 Å². The lowest BCUT2D eigenvalue weighted by Gasteiger charge is -2.29. The molecule has 4 N–H and O–H groups in total. The van der Waals surface area contributed by atoms with Crippen molar-refractivity contribution in [3.05, 3.63) is 24.3 Å². The van der Waals surface area contributed by atoms with Gasteiger partial charge in [0.25, 0.3) is 0 Å². The molecule has 1 aliphatic rings. The number of aromatic nitrogens is 4. The lowest BCUT2D eigenvalue weighted by Crippen LogP contribution is -2.39. The van der Waals surface area contributed by atoms with Gasteiger partial charge in [-0.25, -0.2) is 23.1 Å². The maximum atomic E-state index is 11.9. The minimum atomic E-state index is -3.34. The van der Waals surface area contributed by atoms with E-state index in [1.54, 1.807) is 6.20 Å². The smallest absolute Gasteiger partial charge is 0.209 e. The number of imidazole rings is 1. The summed E-state index contributed by atoms with van der Waals surface area (Å²) in [5.41, 5.74) is 2.41. The van der Waals surface area contributed by atoms with Crippen LogP contribution in [0.1, 0.15) is 24.7 Å². The zero-order valence-electron chi connectivity index (χ0n) is 13.3. The van der Waals surface area contributed by atoms with Crippen molar-refractivity contribution < 1.29 is 8.42 Å². The van der Waals surface area contributed by atoms with Crippen LogP contribution >= 0.6 is 0 Å². The van der Waals surface area contributed by atoms with Crippen molar-refractivity contribution in [3.8, 4) is 0 Å².